The van der Waals surface area contributed by atoms with Gasteiger partial charge in [-0.05, 0) is 45.0 Å². The summed E-state index contributed by atoms with van der Waals surface area (Å²) in [6.45, 7) is 4.85. The first kappa shape index (κ1) is 15.7. The van der Waals surface area contributed by atoms with Crippen LogP contribution in [0.4, 0.5) is 10.2 Å². The van der Waals surface area contributed by atoms with Crippen LogP contribution in [0, 0.1) is 29.5 Å². The van der Waals surface area contributed by atoms with Crippen LogP contribution < -0.4 is 5.32 Å². The molecule has 0 spiro atoms. The molecule has 2 heterocycles. The number of carbonyl (C=O) groups is 1. The van der Waals surface area contributed by atoms with E-state index in [1.807, 2.05) is 6.07 Å². The number of benzene rings is 1. The van der Waals surface area contributed by atoms with Crippen LogP contribution in [0.1, 0.15) is 19.5 Å². The lowest BCUT2D eigenvalue weighted by Gasteiger charge is -2.13. The minimum absolute atomic E-state index is 0.340. The van der Waals surface area contributed by atoms with Crippen LogP contribution in [0.25, 0.3) is 16.7 Å². The van der Waals surface area contributed by atoms with Gasteiger partial charge in [0.2, 0.25) is 5.91 Å². The number of H-pyrrole nitrogens is 1. The Morgan fingerprint density at radius 1 is 1.38 bits per heavy atom. The van der Waals surface area contributed by atoms with Crippen molar-refractivity contribution >= 4 is 22.8 Å². The Morgan fingerprint density at radius 3 is 2.67 bits per heavy atom. The summed E-state index contributed by atoms with van der Waals surface area (Å²) >= 11 is 0. The second-order valence-corrected chi connectivity index (χ2v) is 5.96. The third kappa shape index (κ3) is 2.50. The SMILES string of the molecule is Cc1nn(-c2ccc(F)cc2)c2n[nH]c(NC(=O)C(C)(C)C#N)c12. The van der Waals surface area contributed by atoms with Gasteiger partial charge < -0.3 is 5.32 Å². The summed E-state index contributed by atoms with van der Waals surface area (Å²) in [6, 6.07) is 7.80. The maximum absolute atomic E-state index is 13.1. The fraction of sp³-hybridized carbons (Fsp3) is 0.250. The number of amides is 1. The summed E-state index contributed by atoms with van der Waals surface area (Å²) in [7, 11) is 0. The van der Waals surface area contributed by atoms with Gasteiger partial charge in [0.1, 0.15) is 17.1 Å². The van der Waals surface area contributed by atoms with E-state index in [0.717, 1.165) is 0 Å². The van der Waals surface area contributed by atoms with Gasteiger partial charge in [0.05, 0.1) is 22.8 Å². The zero-order valence-electron chi connectivity index (χ0n) is 13.4. The van der Waals surface area contributed by atoms with Crippen molar-refractivity contribution in [2.75, 3.05) is 5.32 Å². The highest BCUT2D eigenvalue weighted by atomic mass is 19.1. The zero-order chi connectivity index (χ0) is 17.5. The van der Waals surface area contributed by atoms with E-state index < -0.39 is 11.3 Å². The number of hydrogen-bond donors (Lipinski definition) is 2. The average Bonchev–Trinajstić information content (AvgIpc) is 3.10. The highest BCUT2D eigenvalue weighted by Gasteiger charge is 2.29. The molecule has 0 aliphatic rings. The number of aromatic amines is 1. The molecule has 3 aromatic rings. The van der Waals surface area contributed by atoms with Crippen LogP contribution in [-0.2, 0) is 4.79 Å². The van der Waals surface area contributed by atoms with Crippen LogP contribution in [0.5, 0.6) is 0 Å². The number of rotatable bonds is 3. The average molecular weight is 326 g/mol. The van der Waals surface area contributed by atoms with Gasteiger partial charge in [-0.1, -0.05) is 0 Å². The summed E-state index contributed by atoms with van der Waals surface area (Å²) < 4.78 is 14.7. The molecule has 1 aromatic carbocycles. The van der Waals surface area contributed by atoms with Crippen molar-refractivity contribution < 1.29 is 9.18 Å². The normalized spacial score (nSPS) is 11.5. The molecular weight excluding hydrogens is 311 g/mol. The van der Waals surface area contributed by atoms with Crippen molar-refractivity contribution in [1.29, 1.82) is 5.26 Å². The second kappa shape index (κ2) is 5.45. The van der Waals surface area contributed by atoms with Crippen molar-refractivity contribution in [1.82, 2.24) is 20.0 Å². The highest BCUT2D eigenvalue weighted by Crippen LogP contribution is 2.27. The van der Waals surface area contributed by atoms with Crippen LogP contribution in [0.3, 0.4) is 0 Å². The Kier molecular flexibility index (Phi) is 3.56. The predicted octanol–water partition coefficient (Wildman–Crippen LogP) is 2.68. The lowest BCUT2D eigenvalue weighted by atomic mass is 9.95. The maximum Gasteiger partial charge on any atom is 0.245 e. The third-order valence-electron chi connectivity index (χ3n) is 3.72. The number of nitrogens with one attached hydrogen (secondary N) is 2. The number of aromatic nitrogens is 4. The largest absolute Gasteiger partial charge is 0.309 e. The van der Waals surface area contributed by atoms with Crippen LogP contribution >= 0.6 is 0 Å². The molecule has 0 atom stereocenters. The fourth-order valence-electron chi connectivity index (χ4n) is 2.25. The van der Waals surface area contributed by atoms with Crippen molar-refractivity contribution in [2.24, 2.45) is 5.41 Å². The molecule has 0 bridgehead atoms. The Bertz CT molecular complexity index is 961. The topological polar surface area (TPSA) is 99.4 Å². The van der Waals surface area contributed by atoms with E-state index in [2.05, 4.69) is 20.6 Å². The Balaban J connectivity index is 2.04. The fourth-order valence-corrected chi connectivity index (χ4v) is 2.25. The Hall–Kier alpha value is -3.21. The summed E-state index contributed by atoms with van der Waals surface area (Å²) in [5, 5.41) is 23.7. The second-order valence-electron chi connectivity index (χ2n) is 5.96. The number of aryl methyl sites for hydroxylation is 1. The molecule has 0 aliphatic heterocycles. The van der Waals surface area contributed by atoms with Gasteiger partial charge in [-0.25, -0.2) is 9.07 Å². The Morgan fingerprint density at radius 2 is 2.04 bits per heavy atom. The number of nitrogens with zero attached hydrogens (tertiary/aromatic N) is 4. The molecule has 24 heavy (non-hydrogen) atoms. The van der Waals surface area contributed by atoms with E-state index in [1.165, 1.54) is 26.0 Å². The first-order chi connectivity index (χ1) is 11.3. The van der Waals surface area contributed by atoms with E-state index in [9.17, 15) is 9.18 Å². The van der Waals surface area contributed by atoms with Crippen molar-refractivity contribution in [2.45, 2.75) is 20.8 Å². The van der Waals surface area contributed by atoms with Gasteiger partial charge in [0.25, 0.3) is 0 Å². The summed E-state index contributed by atoms with van der Waals surface area (Å²) in [5.41, 5.74) is 0.631. The molecule has 0 radical (unpaired) electrons. The highest BCUT2D eigenvalue weighted by molar-refractivity contribution is 6.03. The predicted molar refractivity (Wildman–Crippen MR) is 85.9 cm³/mol. The molecule has 0 unspecified atom stereocenters. The molecule has 3 rings (SSSR count). The lowest BCUT2D eigenvalue weighted by Crippen LogP contribution is -2.29. The van der Waals surface area contributed by atoms with Crippen LogP contribution in [0.2, 0.25) is 0 Å². The molecule has 0 saturated carbocycles. The number of anilines is 1. The number of nitriles is 1. The lowest BCUT2D eigenvalue weighted by molar-refractivity contribution is -0.121. The standard InChI is InChI=1S/C16H15FN6O/c1-9-12-13(19-15(24)16(2,3)8-18)20-21-14(12)23(22-9)11-6-4-10(17)5-7-11/h4-7H,1-3H3,(H2,19,20,21,24). The number of carbonyl (C=O) groups excluding carboxylic acids is 1. The molecule has 8 heteroatoms. The Labute approximate surface area is 137 Å². The number of fused-ring (bicyclic) bond motifs is 1. The van der Waals surface area contributed by atoms with Crippen LogP contribution in [0.15, 0.2) is 24.3 Å². The zero-order valence-corrected chi connectivity index (χ0v) is 13.4. The molecule has 2 aromatic heterocycles. The molecule has 0 fully saturated rings. The van der Waals surface area contributed by atoms with E-state index >= 15 is 0 Å². The molecule has 122 valence electrons. The maximum atomic E-state index is 13.1. The van der Waals surface area contributed by atoms with Gasteiger partial charge in [-0.2, -0.15) is 15.5 Å². The van der Waals surface area contributed by atoms with Gasteiger partial charge in [-0.15, -0.1) is 0 Å². The monoisotopic (exact) mass is 326 g/mol. The van der Waals surface area contributed by atoms with Gasteiger partial charge in [0, 0.05) is 0 Å². The van der Waals surface area contributed by atoms with Gasteiger partial charge >= 0.3 is 0 Å². The third-order valence-corrected chi connectivity index (χ3v) is 3.72. The molecule has 7 nitrogen and oxygen atoms in total. The molecule has 0 saturated heterocycles. The van der Waals surface area contributed by atoms with E-state index in [1.54, 1.807) is 23.7 Å². The van der Waals surface area contributed by atoms with Gasteiger partial charge in [-0.3, -0.25) is 9.89 Å². The van der Waals surface area contributed by atoms with E-state index in [-0.39, 0.29) is 5.82 Å². The van der Waals surface area contributed by atoms with Crippen molar-refractivity contribution in [3.63, 3.8) is 0 Å². The summed E-state index contributed by atoms with van der Waals surface area (Å²) in [4.78, 5) is 12.2. The minimum atomic E-state index is -1.17. The van der Waals surface area contributed by atoms with E-state index in [0.29, 0.717) is 28.2 Å². The first-order valence-corrected chi connectivity index (χ1v) is 7.26. The molecule has 0 aliphatic carbocycles. The van der Waals surface area contributed by atoms with Gasteiger partial charge in [0.15, 0.2) is 5.65 Å². The molecular formula is C16H15FN6O. The minimum Gasteiger partial charge on any atom is -0.309 e. The quantitative estimate of drug-likeness (QED) is 0.773. The molecule has 1 amide bonds. The first-order valence-electron chi connectivity index (χ1n) is 7.26. The van der Waals surface area contributed by atoms with E-state index in [4.69, 9.17) is 5.26 Å². The summed E-state index contributed by atoms with van der Waals surface area (Å²) in [6.07, 6.45) is 0. The molecule has 2 N–H and O–H groups in total. The number of halogens is 1. The van der Waals surface area contributed by atoms with Crippen LogP contribution in [-0.4, -0.2) is 25.9 Å². The van der Waals surface area contributed by atoms with Crippen molar-refractivity contribution in [3.8, 4) is 11.8 Å². The van der Waals surface area contributed by atoms with Crippen molar-refractivity contribution in [3.05, 3.63) is 35.8 Å². The smallest absolute Gasteiger partial charge is 0.245 e. The summed E-state index contributed by atoms with van der Waals surface area (Å²) in [5.74, 6) is -0.402. The number of hydrogen-bond acceptors (Lipinski definition) is 4.